The molecule has 2 atom stereocenters. The number of fused-ring (bicyclic) bond motifs is 1. The van der Waals surface area contributed by atoms with E-state index in [0.717, 1.165) is 25.0 Å². The van der Waals surface area contributed by atoms with E-state index < -0.39 is 0 Å². The van der Waals surface area contributed by atoms with E-state index in [-0.39, 0.29) is 11.7 Å². The molecule has 1 saturated heterocycles. The van der Waals surface area contributed by atoms with Crippen molar-refractivity contribution in [2.24, 2.45) is 5.92 Å². The van der Waals surface area contributed by atoms with E-state index in [2.05, 4.69) is 29.6 Å². The molecule has 1 aliphatic carbocycles. The summed E-state index contributed by atoms with van der Waals surface area (Å²) in [7, 11) is 0. The second kappa shape index (κ2) is 4.83. The third-order valence-electron chi connectivity index (χ3n) is 5.07. The summed E-state index contributed by atoms with van der Waals surface area (Å²) >= 11 is 1.73. The molecule has 0 radical (unpaired) electrons. The van der Waals surface area contributed by atoms with Gasteiger partial charge in [-0.1, -0.05) is 18.2 Å². The van der Waals surface area contributed by atoms with Crippen molar-refractivity contribution in [3.8, 4) is 0 Å². The Kier molecular flexibility index (Phi) is 3.09. The average molecular weight is 288 g/mol. The highest BCUT2D eigenvalue weighted by Crippen LogP contribution is 2.48. The quantitative estimate of drug-likeness (QED) is 0.893. The van der Waals surface area contributed by atoms with E-state index in [1.54, 1.807) is 11.3 Å². The minimum absolute atomic E-state index is 0.107. The van der Waals surface area contributed by atoms with Gasteiger partial charge in [0, 0.05) is 11.3 Å². The number of ether oxygens (including phenoxy) is 1. The van der Waals surface area contributed by atoms with Crippen molar-refractivity contribution in [3.63, 3.8) is 0 Å². The Morgan fingerprint density at radius 1 is 1.30 bits per heavy atom. The zero-order chi connectivity index (χ0) is 13.6. The van der Waals surface area contributed by atoms with Crippen LogP contribution in [0.5, 0.6) is 0 Å². The smallest absolute Gasteiger partial charge is 0.0834 e. The van der Waals surface area contributed by atoms with Gasteiger partial charge >= 0.3 is 0 Å². The molecule has 3 heteroatoms. The maximum absolute atomic E-state index is 10.8. The summed E-state index contributed by atoms with van der Waals surface area (Å²) < 4.78 is 7.25. The highest BCUT2D eigenvalue weighted by molar-refractivity contribution is 7.17. The molecule has 1 aromatic heterocycles. The lowest BCUT2D eigenvalue weighted by Gasteiger charge is -2.48. The van der Waals surface area contributed by atoms with Crippen molar-refractivity contribution < 1.29 is 9.84 Å². The SMILES string of the molecule is OC(c1csc2ccccc12)C1CCOC2(CCC2)C1. The summed E-state index contributed by atoms with van der Waals surface area (Å²) in [6, 6.07) is 8.38. The first kappa shape index (κ1) is 12.8. The van der Waals surface area contributed by atoms with E-state index in [1.807, 2.05) is 0 Å². The Morgan fingerprint density at radius 3 is 2.95 bits per heavy atom. The Hall–Kier alpha value is -0.900. The lowest BCUT2D eigenvalue weighted by molar-refractivity contribution is -0.157. The van der Waals surface area contributed by atoms with Gasteiger partial charge in [-0.25, -0.2) is 0 Å². The first-order valence-corrected chi connectivity index (χ1v) is 8.44. The molecular weight excluding hydrogens is 268 g/mol. The Balaban J connectivity index is 1.61. The highest BCUT2D eigenvalue weighted by Gasteiger charge is 2.44. The number of aliphatic hydroxyl groups excluding tert-OH is 1. The minimum Gasteiger partial charge on any atom is -0.388 e. The van der Waals surface area contributed by atoms with Gasteiger partial charge in [0.05, 0.1) is 11.7 Å². The number of rotatable bonds is 2. The fraction of sp³-hybridized carbons (Fsp3) is 0.529. The van der Waals surface area contributed by atoms with Gasteiger partial charge in [-0.05, 0) is 60.4 Å². The predicted molar refractivity (Wildman–Crippen MR) is 82.0 cm³/mol. The van der Waals surface area contributed by atoms with Gasteiger partial charge in [0.2, 0.25) is 0 Å². The van der Waals surface area contributed by atoms with Gasteiger partial charge in [-0.15, -0.1) is 11.3 Å². The average Bonchev–Trinajstić information content (AvgIpc) is 2.89. The molecular formula is C17H20O2S. The topological polar surface area (TPSA) is 29.5 Å². The molecule has 2 fully saturated rings. The third-order valence-corrected chi connectivity index (χ3v) is 6.05. The van der Waals surface area contributed by atoms with Crippen LogP contribution in [0.1, 0.15) is 43.8 Å². The summed E-state index contributed by atoms with van der Waals surface area (Å²) in [5, 5.41) is 14.2. The maximum atomic E-state index is 10.8. The van der Waals surface area contributed by atoms with E-state index in [0.29, 0.717) is 5.92 Å². The molecule has 1 aliphatic heterocycles. The van der Waals surface area contributed by atoms with Crippen LogP contribution in [0.2, 0.25) is 0 Å². The number of hydrogen-bond acceptors (Lipinski definition) is 3. The Morgan fingerprint density at radius 2 is 2.15 bits per heavy atom. The van der Waals surface area contributed by atoms with Gasteiger partial charge in [0.25, 0.3) is 0 Å². The molecule has 0 bridgehead atoms. The fourth-order valence-electron chi connectivity index (χ4n) is 3.74. The molecule has 2 aromatic rings. The second-order valence-electron chi connectivity index (χ2n) is 6.27. The molecule has 1 aromatic carbocycles. The van der Waals surface area contributed by atoms with Gasteiger partial charge in [-0.3, -0.25) is 0 Å². The van der Waals surface area contributed by atoms with E-state index in [1.165, 1.54) is 29.3 Å². The lowest BCUT2D eigenvalue weighted by atomic mass is 9.70. The van der Waals surface area contributed by atoms with Crippen LogP contribution in [-0.2, 0) is 4.74 Å². The highest BCUT2D eigenvalue weighted by atomic mass is 32.1. The molecule has 1 spiro atoms. The fourth-order valence-corrected chi connectivity index (χ4v) is 4.73. The van der Waals surface area contributed by atoms with Crippen molar-refractivity contribution >= 4 is 21.4 Å². The van der Waals surface area contributed by atoms with Crippen LogP contribution in [0.4, 0.5) is 0 Å². The molecule has 1 N–H and O–H groups in total. The van der Waals surface area contributed by atoms with Crippen LogP contribution in [0, 0.1) is 5.92 Å². The third kappa shape index (κ3) is 2.00. The predicted octanol–water partition coefficient (Wildman–Crippen LogP) is 4.28. The monoisotopic (exact) mass is 288 g/mol. The van der Waals surface area contributed by atoms with Crippen molar-refractivity contribution in [1.29, 1.82) is 0 Å². The van der Waals surface area contributed by atoms with Crippen LogP contribution in [-0.4, -0.2) is 17.3 Å². The van der Waals surface area contributed by atoms with Crippen LogP contribution in [0.3, 0.4) is 0 Å². The number of benzene rings is 1. The van der Waals surface area contributed by atoms with Crippen molar-refractivity contribution in [3.05, 3.63) is 35.2 Å². The van der Waals surface area contributed by atoms with E-state index in [4.69, 9.17) is 4.74 Å². The maximum Gasteiger partial charge on any atom is 0.0834 e. The van der Waals surface area contributed by atoms with Crippen molar-refractivity contribution in [2.75, 3.05) is 6.61 Å². The molecule has 2 unspecified atom stereocenters. The first-order valence-electron chi connectivity index (χ1n) is 7.56. The number of aliphatic hydroxyl groups is 1. The molecule has 106 valence electrons. The summed E-state index contributed by atoms with van der Waals surface area (Å²) in [6.07, 6.45) is 5.31. The van der Waals surface area contributed by atoms with Gasteiger partial charge in [0.1, 0.15) is 0 Å². The molecule has 2 nitrogen and oxygen atoms in total. The Bertz CT molecular complexity index is 614. The van der Waals surface area contributed by atoms with Gasteiger partial charge < -0.3 is 9.84 Å². The molecule has 0 amide bonds. The normalized spacial score (nSPS) is 26.6. The van der Waals surface area contributed by atoms with Crippen molar-refractivity contribution in [2.45, 2.75) is 43.8 Å². The molecule has 1 saturated carbocycles. The summed E-state index contributed by atoms with van der Waals surface area (Å²) in [5.41, 5.74) is 1.22. The molecule has 2 aliphatic rings. The molecule has 4 rings (SSSR count). The lowest BCUT2D eigenvalue weighted by Crippen LogP contribution is -2.46. The van der Waals surface area contributed by atoms with Gasteiger partial charge in [0.15, 0.2) is 0 Å². The molecule has 20 heavy (non-hydrogen) atoms. The second-order valence-corrected chi connectivity index (χ2v) is 7.18. The number of hydrogen-bond donors (Lipinski definition) is 1. The van der Waals surface area contributed by atoms with Crippen LogP contribution in [0.15, 0.2) is 29.6 Å². The van der Waals surface area contributed by atoms with Crippen LogP contribution < -0.4 is 0 Å². The largest absolute Gasteiger partial charge is 0.388 e. The standard InChI is InChI=1S/C17H20O2S/c18-16(12-6-9-19-17(10-12)7-3-8-17)14-11-20-15-5-2-1-4-13(14)15/h1-2,4-5,11-12,16,18H,3,6-10H2. The van der Waals surface area contributed by atoms with Crippen molar-refractivity contribution in [1.82, 2.24) is 0 Å². The van der Waals surface area contributed by atoms with E-state index >= 15 is 0 Å². The van der Waals surface area contributed by atoms with Gasteiger partial charge in [-0.2, -0.15) is 0 Å². The zero-order valence-electron chi connectivity index (χ0n) is 11.5. The first-order chi connectivity index (χ1) is 9.77. The molecule has 2 heterocycles. The van der Waals surface area contributed by atoms with Crippen LogP contribution in [0.25, 0.3) is 10.1 Å². The van der Waals surface area contributed by atoms with Crippen LogP contribution >= 0.6 is 11.3 Å². The number of thiophene rings is 1. The van der Waals surface area contributed by atoms with E-state index in [9.17, 15) is 5.11 Å². The zero-order valence-corrected chi connectivity index (χ0v) is 12.4. The summed E-state index contributed by atoms with van der Waals surface area (Å²) in [6.45, 7) is 0.809. The summed E-state index contributed by atoms with van der Waals surface area (Å²) in [5.74, 6) is 0.349. The Labute approximate surface area is 123 Å². The summed E-state index contributed by atoms with van der Waals surface area (Å²) in [4.78, 5) is 0. The minimum atomic E-state index is -0.340.